The van der Waals surface area contributed by atoms with Crippen LogP contribution in [0.3, 0.4) is 0 Å². The van der Waals surface area contributed by atoms with E-state index in [0.717, 1.165) is 30.5 Å². The van der Waals surface area contributed by atoms with E-state index in [1.165, 1.54) is 24.0 Å². The third kappa shape index (κ3) is 3.05. The van der Waals surface area contributed by atoms with Crippen molar-refractivity contribution in [2.24, 2.45) is 5.92 Å². The van der Waals surface area contributed by atoms with Crippen LogP contribution in [0.5, 0.6) is 0 Å². The molecule has 1 saturated carbocycles. The van der Waals surface area contributed by atoms with Gasteiger partial charge in [-0.05, 0) is 24.3 Å². The molecule has 4 rings (SSSR count). The number of rotatable bonds is 3. The smallest absolute Gasteiger partial charge is 0.271 e. The SMILES string of the molecule is CC1CCCCC1NC(=O)c1cnc2scc(-c3ccccc3)n2c1=O. The van der Waals surface area contributed by atoms with Gasteiger partial charge < -0.3 is 5.32 Å². The van der Waals surface area contributed by atoms with Crippen molar-refractivity contribution in [3.63, 3.8) is 0 Å². The second-order valence-electron chi connectivity index (χ2n) is 6.92. The summed E-state index contributed by atoms with van der Waals surface area (Å²) in [7, 11) is 0. The second kappa shape index (κ2) is 7.03. The number of aromatic nitrogens is 2. The van der Waals surface area contributed by atoms with Crippen molar-refractivity contribution in [1.82, 2.24) is 14.7 Å². The van der Waals surface area contributed by atoms with Gasteiger partial charge in [0.05, 0.1) is 5.69 Å². The Labute approximate surface area is 155 Å². The number of nitrogens with zero attached hydrogens (tertiary/aromatic N) is 2. The summed E-state index contributed by atoms with van der Waals surface area (Å²) < 4.78 is 1.54. The van der Waals surface area contributed by atoms with Crippen molar-refractivity contribution in [1.29, 1.82) is 0 Å². The zero-order chi connectivity index (χ0) is 18.1. The maximum Gasteiger partial charge on any atom is 0.271 e. The number of thiazole rings is 1. The lowest BCUT2D eigenvalue weighted by Gasteiger charge is -2.29. The molecule has 0 aliphatic heterocycles. The molecule has 26 heavy (non-hydrogen) atoms. The Kier molecular flexibility index (Phi) is 4.59. The van der Waals surface area contributed by atoms with Gasteiger partial charge in [0.1, 0.15) is 5.56 Å². The standard InChI is InChI=1S/C20H21N3O2S/c1-13-7-5-6-10-16(13)22-18(24)15-11-21-20-23(19(15)25)17(12-26-20)14-8-3-2-4-9-14/h2-4,8-9,11-13,16H,5-7,10H2,1H3,(H,22,24). The largest absolute Gasteiger partial charge is 0.349 e. The summed E-state index contributed by atoms with van der Waals surface area (Å²) in [5, 5.41) is 4.96. The molecule has 0 radical (unpaired) electrons. The van der Waals surface area contributed by atoms with Crippen LogP contribution in [0.2, 0.25) is 0 Å². The van der Waals surface area contributed by atoms with Crippen LogP contribution in [0.4, 0.5) is 0 Å². The molecule has 2 aromatic heterocycles. The average Bonchev–Trinajstić information content (AvgIpc) is 3.09. The summed E-state index contributed by atoms with van der Waals surface area (Å²) in [5.41, 5.74) is 1.50. The lowest BCUT2D eigenvalue weighted by molar-refractivity contribution is 0.0908. The van der Waals surface area contributed by atoms with Gasteiger partial charge in [-0.1, -0.05) is 50.1 Å². The number of nitrogens with one attached hydrogen (secondary N) is 1. The predicted octanol–water partition coefficient (Wildman–Crippen LogP) is 3.73. The van der Waals surface area contributed by atoms with Crippen LogP contribution in [0.15, 0.2) is 46.7 Å². The molecular formula is C20H21N3O2S. The monoisotopic (exact) mass is 367 g/mol. The number of benzene rings is 1. The Hall–Kier alpha value is -2.47. The van der Waals surface area contributed by atoms with Crippen molar-refractivity contribution in [3.8, 4) is 11.3 Å². The van der Waals surface area contributed by atoms with E-state index in [-0.39, 0.29) is 23.1 Å². The van der Waals surface area contributed by atoms with Crippen molar-refractivity contribution in [2.75, 3.05) is 0 Å². The molecule has 6 heteroatoms. The van der Waals surface area contributed by atoms with Gasteiger partial charge in [-0.3, -0.25) is 14.0 Å². The number of fused-ring (bicyclic) bond motifs is 1. The molecule has 2 atom stereocenters. The van der Waals surface area contributed by atoms with Crippen LogP contribution in [-0.4, -0.2) is 21.3 Å². The minimum Gasteiger partial charge on any atom is -0.349 e. The minimum absolute atomic E-state index is 0.107. The van der Waals surface area contributed by atoms with E-state index in [0.29, 0.717) is 10.9 Å². The molecule has 1 aromatic carbocycles. The average molecular weight is 367 g/mol. The van der Waals surface area contributed by atoms with E-state index < -0.39 is 0 Å². The van der Waals surface area contributed by atoms with Crippen LogP contribution in [0, 0.1) is 5.92 Å². The number of hydrogen-bond acceptors (Lipinski definition) is 4. The fourth-order valence-electron chi connectivity index (χ4n) is 3.64. The first-order chi connectivity index (χ1) is 12.6. The second-order valence-corrected chi connectivity index (χ2v) is 7.76. The molecule has 5 nitrogen and oxygen atoms in total. The van der Waals surface area contributed by atoms with Gasteiger partial charge in [0.25, 0.3) is 11.5 Å². The van der Waals surface area contributed by atoms with Crippen molar-refractivity contribution in [3.05, 3.63) is 57.8 Å². The normalized spacial score (nSPS) is 20.2. The number of hydrogen-bond donors (Lipinski definition) is 1. The van der Waals surface area contributed by atoms with Crippen molar-refractivity contribution < 1.29 is 4.79 Å². The molecule has 2 heterocycles. The Morgan fingerprint density at radius 3 is 2.77 bits per heavy atom. The third-order valence-corrected chi connectivity index (χ3v) is 6.03. The molecule has 0 bridgehead atoms. The topological polar surface area (TPSA) is 63.5 Å². The fraction of sp³-hybridized carbons (Fsp3) is 0.350. The van der Waals surface area contributed by atoms with Gasteiger partial charge >= 0.3 is 0 Å². The highest BCUT2D eigenvalue weighted by Crippen LogP contribution is 2.25. The molecule has 134 valence electrons. The maximum absolute atomic E-state index is 13.0. The number of carbonyl (C=O) groups excluding carboxylic acids is 1. The van der Waals surface area contributed by atoms with Gasteiger partial charge in [-0.15, -0.1) is 11.3 Å². The summed E-state index contributed by atoms with van der Waals surface area (Å²) in [6.45, 7) is 2.16. The first-order valence-electron chi connectivity index (χ1n) is 9.00. The zero-order valence-electron chi connectivity index (χ0n) is 14.6. The highest BCUT2D eigenvalue weighted by atomic mass is 32.1. The summed E-state index contributed by atoms with van der Waals surface area (Å²) in [5.74, 6) is 0.119. The van der Waals surface area contributed by atoms with E-state index in [1.54, 1.807) is 4.40 Å². The van der Waals surface area contributed by atoms with E-state index in [2.05, 4.69) is 17.2 Å². The lowest BCUT2D eigenvalue weighted by Crippen LogP contribution is -2.43. The van der Waals surface area contributed by atoms with Crippen LogP contribution < -0.4 is 10.9 Å². The van der Waals surface area contributed by atoms with Crippen LogP contribution in [0.25, 0.3) is 16.2 Å². The molecule has 3 aromatic rings. The first-order valence-corrected chi connectivity index (χ1v) is 9.88. The summed E-state index contributed by atoms with van der Waals surface area (Å²) in [4.78, 5) is 30.7. The fourth-order valence-corrected chi connectivity index (χ4v) is 4.49. The Balaban J connectivity index is 1.71. The van der Waals surface area contributed by atoms with E-state index in [9.17, 15) is 9.59 Å². The zero-order valence-corrected chi connectivity index (χ0v) is 15.5. The first kappa shape index (κ1) is 17.0. The number of amides is 1. The maximum atomic E-state index is 13.0. The van der Waals surface area contributed by atoms with Gasteiger partial charge in [-0.2, -0.15) is 0 Å². The highest BCUT2D eigenvalue weighted by molar-refractivity contribution is 7.15. The summed E-state index contributed by atoms with van der Waals surface area (Å²) >= 11 is 1.40. The van der Waals surface area contributed by atoms with E-state index >= 15 is 0 Å². The molecule has 1 aliphatic carbocycles. The van der Waals surface area contributed by atoms with Crippen molar-refractivity contribution >= 4 is 22.2 Å². The molecule has 0 spiro atoms. The predicted molar refractivity (Wildman–Crippen MR) is 104 cm³/mol. The van der Waals surface area contributed by atoms with Crippen LogP contribution in [0.1, 0.15) is 43.0 Å². The van der Waals surface area contributed by atoms with Gasteiger partial charge in [0.15, 0.2) is 4.96 Å². The Morgan fingerprint density at radius 2 is 2.00 bits per heavy atom. The van der Waals surface area contributed by atoms with Gasteiger partial charge in [0, 0.05) is 17.6 Å². The molecule has 0 saturated heterocycles. The highest BCUT2D eigenvalue weighted by Gasteiger charge is 2.25. The van der Waals surface area contributed by atoms with E-state index in [4.69, 9.17) is 0 Å². The molecule has 1 N–H and O–H groups in total. The molecule has 1 fully saturated rings. The molecule has 2 unspecified atom stereocenters. The number of carbonyl (C=O) groups is 1. The summed E-state index contributed by atoms with van der Waals surface area (Å²) in [6, 6.07) is 9.82. The Morgan fingerprint density at radius 1 is 1.23 bits per heavy atom. The van der Waals surface area contributed by atoms with Crippen LogP contribution >= 0.6 is 11.3 Å². The van der Waals surface area contributed by atoms with Gasteiger partial charge in [-0.25, -0.2) is 4.98 Å². The molecule has 1 amide bonds. The third-order valence-electron chi connectivity index (χ3n) is 5.19. The molecular weight excluding hydrogens is 346 g/mol. The van der Waals surface area contributed by atoms with E-state index in [1.807, 2.05) is 35.7 Å². The van der Waals surface area contributed by atoms with Crippen molar-refractivity contribution in [2.45, 2.75) is 38.6 Å². The quantitative estimate of drug-likeness (QED) is 0.767. The minimum atomic E-state index is -0.319. The summed E-state index contributed by atoms with van der Waals surface area (Å²) in [6.07, 6.45) is 5.82. The van der Waals surface area contributed by atoms with Gasteiger partial charge in [0.2, 0.25) is 0 Å². The Bertz CT molecular complexity index is 993. The van der Waals surface area contributed by atoms with Crippen LogP contribution in [-0.2, 0) is 0 Å². The lowest BCUT2D eigenvalue weighted by atomic mass is 9.86. The molecule has 1 aliphatic rings.